The molecule has 1 aliphatic heterocycles. The Labute approximate surface area is 107 Å². The van der Waals surface area contributed by atoms with E-state index in [4.69, 9.17) is 11.6 Å². The summed E-state index contributed by atoms with van der Waals surface area (Å²) >= 11 is 5.73. The molecule has 0 radical (unpaired) electrons. The fourth-order valence-corrected chi connectivity index (χ4v) is 2.37. The Morgan fingerprint density at radius 3 is 3.06 bits per heavy atom. The van der Waals surface area contributed by atoms with Crippen molar-refractivity contribution in [2.75, 3.05) is 19.6 Å². The quantitative estimate of drug-likeness (QED) is 0.865. The van der Waals surface area contributed by atoms with E-state index in [2.05, 4.69) is 10.6 Å². The highest BCUT2D eigenvalue weighted by Crippen LogP contribution is 2.16. The largest absolute Gasteiger partial charge is 0.316 e. The van der Waals surface area contributed by atoms with Gasteiger partial charge in [0.05, 0.1) is 5.02 Å². The van der Waals surface area contributed by atoms with E-state index in [9.17, 15) is 4.39 Å². The SMILES string of the molecule is Fc1ccc(CNCC2CCCNC2)cc1Cl. The first-order chi connectivity index (χ1) is 8.25. The van der Waals surface area contributed by atoms with Gasteiger partial charge in [-0.2, -0.15) is 0 Å². The molecule has 2 N–H and O–H groups in total. The van der Waals surface area contributed by atoms with Crippen LogP contribution in [0.1, 0.15) is 18.4 Å². The Hall–Kier alpha value is -0.640. The first-order valence-corrected chi connectivity index (χ1v) is 6.49. The summed E-state index contributed by atoms with van der Waals surface area (Å²) in [6.45, 7) is 3.99. The molecule has 1 unspecified atom stereocenters. The van der Waals surface area contributed by atoms with Gasteiger partial charge in [-0.3, -0.25) is 0 Å². The minimum absolute atomic E-state index is 0.198. The second-order valence-corrected chi connectivity index (χ2v) is 5.00. The molecule has 0 bridgehead atoms. The third-order valence-corrected chi connectivity index (χ3v) is 3.43. The van der Waals surface area contributed by atoms with Gasteiger partial charge in [0, 0.05) is 6.54 Å². The maximum absolute atomic E-state index is 13.0. The minimum atomic E-state index is -0.355. The molecule has 2 rings (SSSR count). The van der Waals surface area contributed by atoms with Gasteiger partial charge in [0.25, 0.3) is 0 Å². The maximum Gasteiger partial charge on any atom is 0.141 e. The molecule has 1 heterocycles. The Bertz CT molecular complexity index is 364. The van der Waals surface area contributed by atoms with Crippen LogP contribution in [0.2, 0.25) is 5.02 Å². The van der Waals surface area contributed by atoms with E-state index >= 15 is 0 Å². The zero-order valence-electron chi connectivity index (χ0n) is 9.81. The van der Waals surface area contributed by atoms with E-state index in [1.165, 1.54) is 18.9 Å². The molecule has 0 aromatic heterocycles. The molecule has 1 atom stereocenters. The van der Waals surface area contributed by atoms with Gasteiger partial charge in [-0.15, -0.1) is 0 Å². The van der Waals surface area contributed by atoms with Crippen molar-refractivity contribution in [2.24, 2.45) is 5.92 Å². The third-order valence-electron chi connectivity index (χ3n) is 3.15. The van der Waals surface area contributed by atoms with Gasteiger partial charge in [0.1, 0.15) is 5.82 Å². The Morgan fingerprint density at radius 2 is 2.35 bits per heavy atom. The van der Waals surface area contributed by atoms with Crippen LogP contribution in [0.5, 0.6) is 0 Å². The molecule has 1 aromatic carbocycles. The van der Waals surface area contributed by atoms with Gasteiger partial charge >= 0.3 is 0 Å². The van der Waals surface area contributed by atoms with Gasteiger partial charge in [-0.25, -0.2) is 4.39 Å². The smallest absolute Gasteiger partial charge is 0.141 e. The van der Waals surface area contributed by atoms with E-state index in [1.54, 1.807) is 12.1 Å². The monoisotopic (exact) mass is 256 g/mol. The lowest BCUT2D eigenvalue weighted by Crippen LogP contribution is -2.35. The van der Waals surface area contributed by atoms with E-state index < -0.39 is 0 Å². The lowest BCUT2D eigenvalue weighted by Gasteiger charge is -2.23. The number of rotatable bonds is 4. The van der Waals surface area contributed by atoms with Crippen molar-refractivity contribution < 1.29 is 4.39 Å². The van der Waals surface area contributed by atoms with Crippen molar-refractivity contribution in [1.82, 2.24) is 10.6 Å². The lowest BCUT2D eigenvalue weighted by atomic mass is 10.00. The van der Waals surface area contributed by atoms with E-state index in [1.807, 2.05) is 0 Å². The highest BCUT2D eigenvalue weighted by Gasteiger charge is 2.11. The molecule has 17 heavy (non-hydrogen) atoms. The summed E-state index contributed by atoms with van der Waals surface area (Å²) in [5.41, 5.74) is 1.03. The van der Waals surface area contributed by atoms with Crippen molar-refractivity contribution in [2.45, 2.75) is 19.4 Å². The van der Waals surface area contributed by atoms with E-state index in [0.29, 0.717) is 5.92 Å². The third kappa shape index (κ3) is 3.95. The zero-order valence-corrected chi connectivity index (χ0v) is 10.6. The molecule has 1 fully saturated rings. The Kier molecular flexibility index (Phi) is 4.77. The standard InChI is InChI=1S/C13H18ClFN2/c14-12-6-10(3-4-13(12)15)7-17-9-11-2-1-5-16-8-11/h3-4,6,11,16-17H,1-2,5,7-9H2. The molecule has 1 saturated heterocycles. The maximum atomic E-state index is 13.0. The van der Waals surface area contributed by atoms with Crippen molar-refractivity contribution in [3.63, 3.8) is 0 Å². The number of halogens is 2. The first kappa shape index (κ1) is 12.8. The normalized spacial score (nSPS) is 20.5. The lowest BCUT2D eigenvalue weighted by molar-refractivity contribution is 0.360. The molecular formula is C13H18ClFN2. The van der Waals surface area contributed by atoms with Gasteiger partial charge in [-0.1, -0.05) is 17.7 Å². The van der Waals surface area contributed by atoms with Crippen LogP contribution in [-0.2, 0) is 6.54 Å². The van der Waals surface area contributed by atoms with Crippen molar-refractivity contribution in [3.05, 3.63) is 34.6 Å². The van der Waals surface area contributed by atoms with Crippen LogP contribution in [0.3, 0.4) is 0 Å². The summed E-state index contributed by atoms with van der Waals surface area (Å²) in [6.07, 6.45) is 2.54. The Balaban J connectivity index is 1.75. The summed E-state index contributed by atoms with van der Waals surface area (Å²) < 4.78 is 13.0. The van der Waals surface area contributed by atoms with E-state index in [-0.39, 0.29) is 10.8 Å². The summed E-state index contributed by atoms with van der Waals surface area (Å²) in [6, 6.07) is 4.87. The predicted octanol–water partition coefficient (Wildman–Crippen LogP) is 2.57. The van der Waals surface area contributed by atoms with Crippen molar-refractivity contribution >= 4 is 11.6 Å². The van der Waals surface area contributed by atoms with E-state index in [0.717, 1.165) is 31.7 Å². The Morgan fingerprint density at radius 1 is 1.47 bits per heavy atom. The van der Waals surface area contributed by atoms with Gasteiger partial charge in [-0.05, 0) is 56.1 Å². The highest BCUT2D eigenvalue weighted by molar-refractivity contribution is 6.30. The van der Waals surface area contributed by atoms with Crippen LogP contribution in [0.25, 0.3) is 0 Å². The molecule has 0 spiro atoms. The summed E-state index contributed by atoms with van der Waals surface area (Å²) in [5.74, 6) is 0.353. The van der Waals surface area contributed by atoms with Crippen LogP contribution >= 0.6 is 11.6 Å². The van der Waals surface area contributed by atoms with Crippen LogP contribution in [0, 0.1) is 11.7 Å². The van der Waals surface area contributed by atoms with Crippen molar-refractivity contribution in [3.8, 4) is 0 Å². The van der Waals surface area contributed by atoms with Gasteiger partial charge in [0.2, 0.25) is 0 Å². The summed E-state index contributed by atoms with van der Waals surface area (Å²) in [5, 5.41) is 6.98. The predicted molar refractivity (Wildman–Crippen MR) is 68.7 cm³/mol. The van der Waals surface area contributed by atoms with Crippen LogP contribution in [-0.4, -0.2) is 19.6 Å². The first-order valence-electron chi connectivity index (χ1n) is 6.11. The number of nitrogens with one attached hydrogen (secondary N) is 2. The molecule has 2 nitrogen and oxygen atoms in total. The topological polar surface area (TPSA) is 24.1 Å². The molecule has 1 aromatic rings. The number of hydrogen-bond acceptors (Lipinski definition) is 2. The fraction of sp³-hybridized carbons (Fsp3) is 0.538. The average Bonchev–Trinajstić information content (AvgIpc) is 2.35. The molecular weight excluding hydrogens is 239 g/mol. The molecule has 0 amide bonds. The number of hydrogen-bond donors (Lipinski definition) is 2. The molecule has 94 valence electrons. The van der Waals surface area contributed by atoms with Crippen LogP contribution < -0.4 is 10.6 Å². The van der Waals surface area contributed by atoms with Crippen LogP contribution in [0.4, 0.5) is 4.39 Å². The summed E-state index contributed by atoms with van der Waals surface area (Å²) in [7, 11) is 0. The zero-order chi connectivity index (χ0) is 12.1. The molecule has 1 aliphatic rings. The summed E-state index contributed by atoms with van der Waals surface area (Å²) in [4.78, 5) is 0. The number of benzene rings is 1. The molecule has 0 aliphatic carbocycles. The molecule has 0 saturated carbocycles. The average molecular weight is 257 g/mol. The van der Waals surface area contributed by atoms with Crippen LogP contribution in [0.15, 0.2) is 18.2 Å². The number of piperidine rings is 1. The fourth-order valence-electron chi connectivity index (χ4n) is 2.17. The minimum Gasteiger partial charge on any atom is -0.316 e. The van der Waals surface area contributed by atoms with Gasteiger partial charge < -0.3 is 10.6 Å². The van der Waals surface area contributed by atoms with Gasteiger partial charge in [0.15, 0.2) is 0 Å². The second-order valence-electron chi connectivity index (χ2n) is 4.59. The second kappa shape index (κ2) is 6.34. The van der Waals surface area contributed by atoms with Crippen molar-refractivity contribution in [1.29, 1.82) is 0 Å². The highest BCUT2D eigenvalue weighted by atomic mass is 35.5. The molecule has 4 heteroatoms.